The van der Waals surface area contributed by atoms with Crippen molar-refractivity contribution in [3.63, 3.8) is 0 Å². The highest BCUT2D eigenvalue weighted by Gasteiger charge is 2.04. The summed E-state index contributed by atoms with van der Waals surface area (Å²) in [5.41, 5.74) is 1.05. The predicted molar refractivity (Wildman–Crippen MR) is 67.8 cm³/mol. The summed E-state index contributed by atoms with van der Waals surface area (Å²) < 4.78 is 7.80. The highest BCUT2D eigenvalue weighted by atomic mass is 16.1. The Morgan fingerprint density at radius 3 is 2.65 bits per heavy atom. The summed E-state index contributed by atoms with van der Waals surface area (Å²) in [6, 6.07) is 14.7. The van der Waals surface area contributed by atoms with Crippen molar-refractivity contribution in [2.24, 2.45) is 0 Å². The van der Waals surface area contributed by atoms with E-state index in [1.54, 1.807) is 18.2 Å². The van der Waals surface area contributed by atoms with Crippen molar-refractivity contribution in [2.75, 3.05) is 0 Å². The number of hydrogen-bond donors (Lipinski definition) is 1. The van der Waals surface area contributed by atoms with Gasteiger partial charge in [-0.2, -0.15) is 0 Å². The molecule has 0 unspecified atom stereocenters. The molecular formula is C14H10N2O. The molecule has 82 valence electrons. The summed E-state index contributed by atoms with van der Waals surface area (Å²) in [4.78, 5) is 19.1. The number of nitrogens with zero attached hydrogens (tertiary/aromatic N) is 1. The van der Waals surface area contributed by atoms with E-state index in [4.69, 9.17) is 1.37 Å². The monoisotopic (exact) mass is 223 g/mol. The van der Waals surface area contributed by atoms with Crippen LogP contribution in [-0.2, 0) is 0 Å². The first-order valence-corrected chi connectivity index (χ1v) is 5.31. The number of aromatic nitrogens is 2. The second kappa shape index (κ2) is 3.87. The maximum absolute atomic E-state index is 11.9. The maximum atomic E-state index is 11.9. The smallest absolute Gasteiger partial charge is 0.259 e. The first kappa shape index (κ1) is 8.70. The molecule has 1 heterocycles. The van der Waals surface area contributed by atoms with Crippen LogP contribution >= 0.6 is 0 Å². The predicted octanol–water partition coefficient (Wildman–Crippen LogP) is 2.59. The Morgan fingerprint density at radius 2 is 1.82 bits per heavy atom. The minimum absolute atomic E-state index is 0.215. The van der Waals surface area contributed by atoms with Crippen molar-refractivity contribution in [1.29, 1.82) is 0 Å². The zero-order valence-electron chi connectivity index (χ0n) is 9.97. The molecular weight excluding hydrogens is 212 g/mol. The Balaban J connectivity index is 2.34. The highest BCUT2D eigenvalue weighted by molar-refractivity contribution is 5.79. The van der Waals surface area contributed by atoms with Gasteiger partial charge >= 0.3 is 0 Å². The Labute approximate surface area is 99.2 Å². The second-order valence-electron chi connectivity index (χ2n) is 3.71. The lowest BCUT2D eigenvalue weighted by Gasteiger charge is -2.02. The second-order valence-corrected chi connectivity index (χ2v) is 3.71. The minimum atomic E-state index is -0.215. The van der Waals surface area contributed by atoms with Crippen molar-refractivity contribution in [3.8, 4) is 11.4 Å². The third kappa shape index (κ3) is 1.72. The van der Waals surface area contributed by atoms with E-state index >= 15 is 0 Å². The molecule has 2 aromatic carbocycles. The van der Waals surface area contributed by atoms with Crippen molar-refractivity contribution in [1.82, 2.24) is 9.97 Å². The first-order chi connectivity index (χ1) is 8.75. The fraction of sp³-hybridized carbons (Fsp3) is 0. The molecule has 0 aliphatic heterocycles. The lowest BCUT2D eigenvalue weighted by atomic mass is 10.2. The zero-order chi connectivity index (χ0) is 12.5. The number of rotatable bonds is 1. The van der Waals surface area contributed by atoms with Crippen LogP contribution in [0.5, 0.6) is 0 Å². The van der Waals surface area contributed by atoms with Crippen LogP contribution in [0.3, 0.4) is 0 Å². The number of hydrogen-bond acceptors (Lipinski definition) is 2. The molecule has 0 spiro atoms. The van der Waals surface area contributed by atoms with Gasteiger partial charge < -0.3 is 4.98 Å². The van der Waals surface area contributed by atoms with Gasteiger partial charge in [0.05, 0.1) is 12.3 Å². The van der Waals surface area contributed by atoms with Gasteiger partial charge in [0.25, 0.3) is 5.56 Å². The van der Waals surface area contributed by atoms with Gasteiger partial charge in [-0.3, -0.25) is 4.79 Å². The summed E-state index contributed by atoms with van der Waals surface area (Å²) in [6.45, 7) is 0. The quantitative estimate of drug-likeness (QED) is 0.689. The number of H-pyrrole nitrogens is 1. The van der Waals surface area contributed by atoms with E-state index in [9.17, 15) is 4.79 Å². The molecule has 17 heavy (non-hydrogen) atoms. The van der Waals surface area contributed by atoms with Crippen LogP contribution < -0.4 is 5.56 Å². The van der Waals surface area contributed by atoms with Gasteiger partial charge in [0.1, 0.15) is 5.82 Å². The van der Waals surface area contributed by atoms with Crippen LogP contribution in [0, 0.1) is 0 Å². The molecule has 3 aromatic rings. The normalized spacial score (nSPS) is 11.4. The fourth-order valence-corrected chi connectivity index (χ4v) is 1.75. The molecule has 3 nitrogen and oxygen atoms in total. The SMILES string of the molecule is [2H]c1cccc2c(=O)[nH]c(-c3ccccc3)nc12. The van der Waals surface area contributed by atoms with Crippen LogP contribution in [-0.4, -0.2) is 9.97 Å². The van der Waals surface area contributed by atoms with Gasteiger partial charge in [-0.25, -0.2) is 4.98 Å². The van der Waals surface area contributed by atoms with Crippen LogP contribution in [0.4, 0.5) is 0 Å². The van der Waals surface area contributed by atoms with Crippen molar-refractivity contribution in [2.45, 2.75) is 0 Å². The molecule has 1 aromatic heterocycles. The summed E-state index contributed by atoms with van der Waals surface area (Å²) >= 11 is 0. The number of benzene rings is 2. The average molecular weight is 223 g/mol. The molecule has 0 atom stereocenters. The standard InChI is InChI=1S/C14H10N2O/c17-14-11-8-4-5-9-12(11)15-13(16-14)10-6-2-1-3-7-10/h1-9H,(H,15,16,17)/i9D. The van der Waals surface area contributed by atoms with Crippen LogP contribution in [0.25, 0.3) is 22.3 Å². The van der Waals surface area contributed by atoms with E-state index in [-0.39, 0.29) is 11.6 Å². The van der Waals surface area contributed by atoms with E-state index in [0.29, 0.717) is 16.7 Å². The van der Waals surface area contributed by atoms with E-state index in [2.05, 4.69) is 9.97 Å². The number of nitrogens with one attached hydrogen (secondary N) is 1. The van der Waals surface area contributed by atoms with Gasteiger partial charge in [0.2, 0.25) is 0 Å². The van der Waals surface area contributed by atoms with Gasteiger partial charge in [-0.1, -0.05) is 42.5 Å². The molecule has 0 fully saturated rings. The van der Waals surface area contributed by atoms with Crippen molar-refractivity contribution >= 4 is 10.9 Å². The molecule has 0 amide bonds. The number of para-hydroxylation sites is 1. The summed E-state index contributed by atoms with van der Waals surface area (Å²) in [7, 11) is 0. The number of aromatic amines is 1. The van der Waals surface area contributed by atoms with Gasteiger partial charge in [0, 0.05) is 5.56 Å². The Morgan fingerprint density at radius 1 is 1.06 bits per heavy atom. The maximum Gasteiger partial charge on any atom is 0.259 e. The molecule has 0 saturated carbocycles. The first-order valence-electron chi connectivity index (χ1n) is 5.81. The summed E-state index contributed by atoms with van der Waals surface area (Å²) in [5.74, 6) is 0.493. The topological polar surface area (TPSA) is 45.8 Å². The number of fused-ring (bicyclic) bond motifs is 1. The summed E-state index contributed by atoms with van der Waals surface area (Å²) in [6.07, 6.45) is 0. The van der Waals surface area contributed by atoms with Crippen LogP contribution in [0.1, 0.15) is 1.37 Å². The lowest BCUT2D eigenvalue weighted by Crippen LogP contribution is -2.09. The highest BCUT2D eigenvalue weighted by Crippen LogP contribution is 2.15. The van der Waals surface area contributed by atoms with Gasteiger partial charge in [-0.05, 0) is 12.1 Å². The third-order valence-electron chi connectivity index (χ3n) is 2.58. The molecule has 1 N–H and O–H groups in total. The van der Waals surface area contributed by atoms with E-state index in [1.165, 1.54) is 0 Å². The molecule has 0 saturated heterocycles. The largest absolute Gasteiger partial charge is 0.306 e. The van der Waals surface area contributed by atoms with E-state index < -0.39 is 0 Å². The Hall–Kier alpha value is -2.42. The molecule has 3 heteroatoms. The minimum Gasteiger partial charge on any atom is -0.306 e. The Bertz CT molecular complexity index is 766. The molecule has 0 bridgehead atoms. The molecule has 0 aliphatic rings. The van der Waals surface area contributed by atoms with E-state index in [0.717, 1.165) is 5.56 Å². The van der Waals surface area contributed by atoms with Crippen LogP contribution in [0.2, 0.25) is 0 Å². The zero-order valence-corrected chi connectivity index (χ0v) is 8.97. The molecule has 0 aliphatic carbocycles. The Kier molecular flexibility index (Phi) is 1.98. The van der Waals surface area contributed by atoms with Gasteiger partial charge in [-0.15, -0.1) is 0 Å². The fourth-order valence-electron chi connectivity index (χ4n) is 1.75. The van der Waals surface area contributed by atoms with Crippen LogP contribution in [0.15, 0.2) is 59.4 Å². The lowest BCUT2D eigenvalue weighted by molar-refractivity contribution is 1.18. The molecule has 0 radical (unpaired) electrons. The van der Waals surface area contributed by atoms with Crippen molar-refractivity contribution in [3.05, 3.63) is 64.9 Å². The van der Waals surface area contributed by atoms with Gasteiger partial charge in [0.15, 0.2) is 0 Å². The molecule has 3 rings (SSSR count). The average Bonchev–Trinajstić information content (AvgIpc) is 2.41. The summed E-state index contributed by atoms with van der Waals surface area (Å²) in [5, 5.41) is 0.446. The van der Waals surface area contributed by atoms with E-state index in [1.807, 2.05) is 30.3 Å². The third-order valence-corrected chi connectivity index (χ3v) is 2.58. The van der Waals surface area contributed by atoms with Crippen molar-refractivity contribution < 1.29 is 1.37 Å².